The minimum Gasteiger partial charge on any atom is -1.00 e. The minimum absolute atomic E-state index is 0. The maximum absolute atomic E-state index is 13.8. The molecule has 0 atom stereocenters. The van der Waals surface area contributed by atoms with Gasteiger partial charge in [-0.05, 0) is 45.9 Å². The molecule has 208 valence electrons. The lowest BCUT2D eigenvalue weighted by Crippen LogP contribution is -3.00. The van der Waals surface area contributed by atoms with E-state index in [1.807, 2.05) is 30.5 Å². The van der Waals surface area contributed by atoms with Gasteiger partial charge in [-0.2, -0.15) is 4.57 Å². The van der Waals surface area contributed by atoms with Gasteiger partial charge in [0.25, 0.3) is 16.1 Å². The summed E-state index contributed by atoms with van der Waals surface area (Å²) in [5.74, 6) is 0. The first kappa shape index (κ1) is 29.3. The van der Waals surface area contributed by atoms with Crippen LogP contribution in [0.5, 0.6) is 0 Å². The maximum atomic E-state index is 13.8. The fourth-order valence-electron chi connectivity index (χ4n) is 5.08. The number of thiazole rings is 3. The predicted molar refractivity (Wildman–Crippen MR) is 165 cm³/mol. The zero-order valence-corrected chi connectivity index (χ0v) is 28.1. The number of aromatic nitrogens is 3. The van der Waals surface area contributed by atoms with Gasteiger partial charge in [-0.15, -0.1) is 22.7 Å². The van der Waals surface area contributed by atoms with Crippen molar-refractivity contribution in [2.75, 3.05) is 11.4 Å². The molecule has 0 amide bonds. The first-order chi connectivity index (χ1) is 19.0. The Morgan fingerprint density at radius 2 is 1.50 bits per heavy atom. The van der Waals surface area contributed by atoms with Gasteiger partial charge in [0.1, 0.15) is 34.7 Å². The van der Waals surface area contributed by atoms with Crippen LogP contribution in [0.3, 0.4) is 0 Å². The highest BCUT2D eigenvalue weighted by molar-refractivity contribution is 8.08. The van der Waals surface area contributed by atoms with Crippen molar-refractivity contribution in [2.45, 2.75) is 52.2 Å². The van der Waals surface area contributed by atoms with E-state index in [0.717, 1.165) is 43.0 Å². The number of benzene rings is 2. The average molecular weight is 721 g/mol. The molecule has 1 aliphatic rings. The molecule has 4 heterocycles. The molecular formula is C29H29IN4O2S4. The van der Waals surface area contributed by atoms with E-state index in [1.54, 1.807) is 27.7 Å². The van der Waals surface area contributed by atoms with Crippen LogP contribution in [0.2, 0.25) is 0 Å². The molecule has 6 nitrogen and oxygen atoms in total. The number of fused-ring (bicyclic) bond motifs is 2. The Kier molecular flexibility index (Phi) is 8.77. The van der Waals surface area contributed by atoms with Crippen molar-refractivity contribution in [1.82, 2.24) is 9.13 Å². The van der Waals surface area contributed by atoms with Crippen molar-refractivity contribution in [3.05, 3.63) is 92.6 Å². The second-order valence-electron chi connectivity index (χ2n) is 9.02. The Balaban J connectivity index is 0.00000323. The van der Waals surface area contributed by atoms with Crippen molar-refractivity contribution < 1.29 is 28.5 Å². The van der Waals surface area contributed by atoms with Crippen molar-refractivity contribution in [3.8, 4) is 0 Å². The monoisotopic (exact) mass is 720 g/mol. The number of hydrogen-bond donors (Lipinski definition) is 0. The third-order valence-corrected chi connectivity index (χ3v) is 11.8. The number of rotatable bonds is 5. The largest absolute Gasteiger partial charge is 1.00 e. The Labute approximate surface area is 264 Å². The van der Waals surface area contributed by atoms with Crippen molar-refractivity contribution in [1.29, 1.82) is 0 Å². The lowest BCUT2D eigenvalue weighted by Gasteiger charge is -2.16. The van der Waals surface area contributed by atoms with Crippen LogP contribution in [-0.4, -0.2) is 15.7 Å². The number of anilines is 1. The fraction of sp³-hybridized carbons (Fsp3) is 0.276. The van der Waals surface area contributed by atoms with Gasteiger partial charge in [-0.1, -0.05) is 47.4 Å². The molecule has 1 aliphatic heterocycles. The third-order valence-electron chi connectivity index (χ3n) is 6.94. The van der Waals surface area contributed by atoms with E-state index in [-0.39, 0.29) is 35.1 Å². The van der Waals surface area contributed by atoms with E-state index in [2.05, 4.69) is 65.8 Å². The van der Waals surface area contributed by atoms with E-state index in [9.17, 15) is 9.59 Å². The number of nitrogens with zero attached hydrogens (tertiary/aromatic N) is 4. The summed E-state index contributed by atoms with van der Waals surface area (Å²) in [7, 11) is 0. The highest BCUT2D eigenvalue weighted by Gasteiger charge is 2.26. The van der Waals surface area contributed by atoms with Crippen LogP contribution < -0.4 is 53.8 Å². The fourth-order valence-corrected chi connectivity index (χ4v) is 10.2. The number of halogens is 1. The summed E-state index contributed by atoms with van der Waals surface area (Å²) in [5, 5.41) is 2.07. The molecule has 5 aromatic rings. The smallest absolute Gasteiger partial charge is 0.272 e. The first-order valence-electron chi connectivity index (χ1n) is 13.2. The Hall–Kier alpha value is -2.19. The molecule has 40 heavy (non-hydrogen) atoms. The summed E-state index contributed by atoms with van der Waals surface area (Å²) in [6.45, 7) is 10.9. The normalized spacial score (nSPS) is 15.6. The molecule has 0 fully saturated rings. The zero-order valence-electron chi connectivity index (χ0n) is 22.6. The molecule has 0 spiro atoms. The molecule has 0 aliphatic carbocycles. The van der Waals surface area contributed by atoms with Crippen LogP contribution in [0, 0.1) is 9.20 Å². The van der Waals surface area contributed by atoms with E-state index in [4.69, 9.17) is 0 Å². The number of para-hydroxylation sites is 2. The van der Waals surface area contributed by atoms with Crippen LogP contribution in [0.15, 0.2) is 63.0 Å². The summed E-state index contributed by atoms with van der Waals surface area (Å²) in [4.78, 5) is 30.9. The predicted octanol–water partition coefficient (Wildman–Crippen LogP) is 1.51. The molecule has 0 bridgehead atoms. The standard InChI is InChI=1S/C29H29N4O2S4.HI/c1-5-30-18-13-9-11-15-20(18)36-22(30)17-23-32(7-3)26(34)24(38-23)29-33(8-4)27(35)25(39-29)28-31(6-2)19-14-10-12-16-21(19)37-28;/h9-17H,5-8H2,1-4H3;1H/q+1;/p-1/b28-25+,29-24-;. The molecule has 0 unspecified atom stereocenters. The SMILES string of the molecule is CCN1/C(=c2\s/c(=c3\s/c(=C\c4sc5ccccc5[n+]4CC)n(CC)c3=O)n(CC)c2=O)Sc2ccccc21.[I-]. The van der Waals surface area contributed by atoms with E-state index >= 15 is 0 Å². The van der Waals surface area contributed by atoms with Crippen LogP contribution in [-0.2, 0) is 19.6 Å². The van der Waals surface area contributed by atoms with Crippen molar-refractivity contribution in [3.63, 3.8) is 0 Å². The van der Waals surface area contributed by atoms with Gasteiger partial charge in [-0.3, -0.25) is 18.7 Å². The van der Waals surface area contributed by atoms with Crippen LogP contribution in [0.25, 0.3) is 21.3 Å². The minimum atomic E-state index is -0.0346. The summed E-state index contributed by atoms with van der Waals surface area (Å²) < 4.78 is 10.1. The van der Waals surface area contributed by atoms with Crippen molar-refractivity contribution in [2.24, 2.45) is 0 Å². The molecule has 2 aromatic carbocycles. The molecule has 0 radical (unpaired) electrons. The number of thioether (sulfide) groups is 1. The summed E-state index contributed by atoms with van der Waals surface area (Å²) in [6, 6.07) is 16.7. The molecular weight excluding hydrogens is 692 g/mol. The lowest BCUT2D eigenvalue weighted by atomic mass is 10.3. The van der Waals surface area contributed by atoms with Gasteiger partial charge in [0.2, 0.25) is 5.52 Å². The highest BCUT2D eigenvalue weighted by atomic mass is 127. The van der Waals surface area contributed by atoms with Gasteiger partial charge in [0, 0.05) is 30.6 Å². The highest BCUT2D eigenvalue weighted by Crippen LogP contribution is 2.45. The Morgan fingerprint density at radius 3 is 2.23 bits per heavy atom. The molecule has 11 heteroatoms. The Bertz CT molecular complexity index is 2070. The van der Waals surface area contributed by atoms with Crippen LogP contribution in [0.4, 0.5) is 5.69 Å². The van der Waals surface area contributed by atoms with Crippen LogP contribution in [0.1, 0.15) is 32.7 Å². The van der Waals surface area contributed by atoms with Crippen molar-refractivity contribution >= 4 is 72.8 Å². The Morgan fingerprint density at radius 1 is 0.800 bits per heavy atom. The molecule has 6 rings (SSSR count). The zero-order chi connectivity index (χ0) is 27.3. The van der Waals surface area contributed by atoms with E-state index < -0.39 is 0 Å². The molecule has 0 saturated carbocycles. The number of hydrogen-bond acceptors (Lipinski definition) is 7. The maximum Gasteiger partial charge on any atom is 0.272 e. The first-order valence-corrected chi connectivity index (χ1v) is 16.4. The van der Waals surface area contributed by atoms with Crippen LogP contribution >= 0.6 is 45.8 Å². The average Bonchev–Trinajstić information content (AvgIpc) is 3.68. The lowest BCUT2D eigenvalue weighted by molar-refractivity contribution is -0.665. The second kappa shape index (κ2) is 12.0. The van der Waals surface area contributed by atoms with Gasteiger partial charge in [-0.25, -0.2) is 0 Å². The summed E-state index contributed by atoms with van der Waals surface area (Å²) >= 11 is 6.31. The van der Waals surface area contributed by atoms with Gasteiger partial charge in [0.05, 0.1) is 11.8 Å². The number of aryl methyl sites for hydroxylation is 1. The molecule has 0 saturated heterocycles. The van der Waals surface area contributed by atoms with Gasteiger partial charge < -0.3 is 28.9 Å². The van der Waals surface area contributed by atoms with E-state index in [0.29, 0.717) is 22.2 Å². The summed E-state index contributed by atoms with van der Waals surface area (Å²) in [5.41, 5.74) is 2.27. The molecule has 3 aromatic heterocycles. The quantitative estimate of drug-likeness (QED) is 0.204. The third kappa shape index (κ3) is 4.73. The summed E-state index contributed by atoms with van der Waals surface area (Å²) in [6.07, 6.45) is 2.13. The van der Waals surface area contributed by atoms with E-state index in [1.165, 1.54) is 32.9 Å². The van der Waals surface area contributed by atoms with Gasteiger partial charge in [0.15, 0.2) is 0 Å². The van der Waals surface area contributed by atoms with Gasteiger partial charge >= 0.3 is 0 Å². The molecule has 0 N–H and O–H groups in total. The topological polar surface area (TPSA) is 51.1 Å². The second-order valence-corrected chi connectivity index (χ2v) is 13.1.